The number of amides is 1. The Hall–Kier alpha value is -1.66. The van der Waals surface area contributed by atoms with E-state index in [-0.39, 0.29) is 29.5 Å². The Balaban J connectivity index is 1.64. The number of carbonyl (C=O) groups excluding carboxylic acids is 1. The van der Waals surface area contributed by atoms with Gasteiger partial charge in [0.1, 0.15) is 0 Å². The summed E-state index contributed by atoms with van der Waals surface area (Å²) < 4.78 is 23.8. The first-order valence-corrected chi connectivity index (χ1v) is 11.8. The van der Waals surface area contributed by atoms with Crippen LogP contribution in [0.25, 0.3) is 5.57 Å². The van der Waals surface area contributed by atoms with Crippen LogP contribution in [-0.4, -0.2) is 62.4 Å². The van der Waals surface area contributed by atoms with Crippen molar-refractivity contribution in [2.75, 3.05) is 31.1 Å². The number of hydrogen-bond acceptors (Lipinski definition) is 3. The van der Waals surface area contributed by atoms with Crippen LogP contribution in [0.4, 0.5) is 0 Å². The van der Waals surface area contributed by atoms with E-state index in [1.165, 1.54) is 16.0 Å². The molecule has 1 unspecified atom stereocenters. The van der Waals surface area contributed by atoms with Crippen molar-refractivity contribution < 1.29 is 18.1 Å². The van der Waals surface area contributed by atoms with Crippen LogP contribution >= 0.6 is 0 Å². The molecule has 2 heterocycles. The van der Waals surface area contributed by atoms with E-state index < -0.39 is 9.84 Å². The molecule has 27 heavy (non-hydrogen) atoms. The fraction of sp³-hybridized carbons (Fsp3) is 0.571. The Bertz CT molecular complexity index is 789. The zero-order chi connectivity index (χ0) is 19.4. The summed E-state index contributed by atoms with van der Waals surface area (Å²) in [5.74, 6) is 0.423. The number of quaternary nitrogens is 1. The normalized spacial score (nSPS) is 25.6. The summed E-state index contributed by atoms with van der Waals surface area (Å²) in [6.07, 6.45) is 4.63. The van der Waals surface area contributed by atoms with Crippen LogP contribution in [0.1, 0.15) is 38.7 Å². The van der Waals surface area contributed by atoms with Gasteiger partial charge in [-0.2, -0.15) is 0 Å². The van der Waals surface area contributed by atoms with Crippen molar-refractivity contribution in [2.45, 2.75) is 45.2 Å². The fourth-order valence-electron chi connectivity index (χ4n) is 4.16. The Morgan fingerprint density at radius 3 is 2.59 bits per heavy atom. The highest BCUT2D eigenvalue weighted by Gasteiger charge is 2.37. The first-order valence-electron chi connectivity index (χ1n) is 9.99. The maximum atomic E-state index is 13.1. The highest BCUT2D eigenvalue weighted by atomic mass is 32.2. The molecule has 148 valence electrons. The lowest BCUT2D eigenvalue weighted by molar-refractivity contribution is -0.887. The molecule has 1 amide bonds. The lowest BCUT2D eigenvalue weighted by atomic mass is 9.99. The number of nitrogens with one attached hydrogen (secondary N) is 1. The largest absolute Gasteiger partial charge is 0.331 e. The quantitative estimate of drug-likeness (QED) is 0.792. The van der Waals surface area contributed by atoms with Gasteiger partial charge in [-0.1, -0.05) is 37.3 Å². The second-order valence-electron chi connectivity index (χ2n) is 7.84. The highest BCUT2D eigenvalue weighted by Crippen LogP contribution is 2.21. The van der Waals surface area contributed by atoms with E-state index in [4.69, 9.17) is 0 Å². The van der Waals surface area contributed by atoms with Crippen LogP contribution in [-0.2, 0) is 14.6 Å². The third kappa shape index (κ3) is 4.99. The van der Waals surface area contributed by atoms with E-state index in [1.54, 1.807) is 0 Å². The molecule has 1 fully saturated rings. The zero-order valence-corrected chi connectivity index (χ0v) is 17.2. The first kappa shape index (κ1) is 20.1. The average molecular weight is 392 g/mol. The summed E-state index contributed by atoms with van der Waals surface area (Å²) in [5, 5.41) is 0. The molecule has 5 nitrogen and oxygen atoms in total. The summed E-state index contributed by atoms with van der Waals surface area (Å²) in [7, 11) is -3.00. The van der Waals surface area contributed by atoms with Crippen molar-refractivity contribution in [2.24, 2.45) is 0 Å². The molecule has 0 aromatic heterocycles. The van der Waals surface area contributed by atoms with Crippen LogP contribution in [0.15, 0.2) is 36.4 Å². The summed E-state index contributed by atoms with van der Waals surface area (Å²) in [6, 6.07) is 10.3. The molecule has 0 spiro atoms. The van der Waals surface area contributed by atoms with Crippen molar-refractivity contribution in [3.05, 3.63) is 42.0 Å². The Morgan fingerprint density at radius 1 is 1.30 bits per heavy atom. The molecular weight excluding hydrogens is 360 g/mol. The third-order valence-corrected chi connectivity index (χ3v) is 7.64. The summed E-state index contributed by atoms with van der Waals surface area (Å²) in [6.45, 7) is 6.30. The van der Waals surface area contributed by atoms with Gasteiger partial charge in [0.25, 0.3) is 5.91 Å². The monoisotopic (exact) mass is 391 g/mol. The van der Waals surface area contributed by atoms with Gasteiger partial charge in [-0.25, -0.2) is 8.42 Å². The van der Waals surface area contributed by atoms with Gasteiger partial charge in [0, 0.05) is 18.5 Å². The van der Waals surface area contributed by atoms with E-state index in [9.17, 15) is 13.2 Å². The van der Waals surface area contributed by atoms with Crippen molar-refractivity contribution in [1.29, 1.82) is 0 Å². The predicted molar refractivity (Wildman–Crippen MR) is 108 cm³/mol. The Labute approximate surface area is 163 Å². The number of nitrogens with zero attached hydrogens (tertiary/aromatic N) is 1. The number of benzene rings is 1. The molecule has 0 saturated carbocycles. The van der Waals surface area contributed by atoms with E-state index in [2.05, 4.69) is 37.3 Å². The van der Waals surface area contributed by atoms with Gasteiger partial charge in [0.05, 0.1) is 24.6 Å². The second kappa shape index (κ2) is 8.57. The molecule has 3 atom stereocenters. The predicted octanol–water partition coefficient (Wildman–Crippen LogP) is 1.17. The maximum absolute atomic E-state index is 13.1. The molecular formula is C21H31N2O3S+. The second-order valence-corrected chi connectivity index (χ2v) is 10.1. The van der Waals surface area contributed by atoms with Gasteiger partial charge in [-0.3, -0.25) is 4.79 Å². The van der Waals surface area contributed by atoms with Gasteiger partial charge in [0.15, 0.2) is 16.4 Å². The molecule has 0 aliphatic carbocycles. The minimum Gasteiger partial charge on any atom is -0.331 e. The molecule has 1 N–H and O–H groups in total. The number of carbonyl (C=O) groups is 1. The fourth-order valence-corrected chi connectivity index (χ4v) is 5.88. The molecule has 2 aliphatic rings. The number of sulfone groups is 1. The molecule has 1 saturated heterocycles. The number of hydrogen-bond donors (Lipinski definition) is 1. The van der Waals surface area contributed by atoms with Crippen LogP contribution in [0.5, 0.6) is 0 Å². The summed E-state index contributed by atoms with van der Waals surface area (Å²) in [4.78, 5) is 16.2. The minimum atomic E-state index is -3.00. The lowest BCUT2D eigenvalue weighted by Crippen LogP contribution is -3.13. The number of rotatable bonds is 6. The molecule has 2 aliphatic heterocycles. The van der Waals surface area contributed by atoms with Gasteiger partial charge >= 0.3 is 0 Å². The van der Waals surface area contributed by atoms with Crippen LogP contribution in [0.2, 0.25) is 0 Å². The van der Waals surface area contributed by atoms with E-state index >= 15 is 0 Å². The topological polar surface area (TPSA) is 58.9 Å². The Kier molecular flexibility index (Phi) is 6.37. The van der Waals surface area contributed by atoms with E-state index in [1.807, 2.05) is 17.9 Å². The smallest absolute Gasteiger partial charge is 0.278 e. The van der Waals surface area contributed by atoms with Crippen molar-refractivity contribution in [3.63, 3.8) is 0 Å². The molecule has 6 heteroatoms. The van der Waals surface area contributed by atoms with Crippen LogP contribution in [0, 0.1) is 0 Å². The average Bonchev–Trinajstić information content (AvgIpc) is 3.02. The first-order chi connectivity index (χ1) is 12.9. The Morgan fingerprint density at radius 2 is 2.04 bits per heavy atom. The van der Waals surface area contributed by atoms with Gasteiger partial charge < -0.3 is 9.80 Å². The molecule has 3 rings (SSSR count). The van der Waals surface area contributed by atoms with Crippen molar-refractivity contribution in [3.8, 4) is 0 Å². The third-order valence-electron chi connectivity index (χ3n) is 5.89. The SMILES string of the molecule is CC[C@@H](C)N(C(=O)C[NH+]1CC=C(c2ccccc2)CC1)[C@@H]1CCS(=O)(=O)C1. The standard InChI is InChI=1S/C21H30N2O3S/c1-3-17(2)23(20-11-14-27(25,26)16-20)21(24)15-22-12-9-19(10-13-22)18-7-5-4-6-8-18/h4-9,17,20H,3,10-16H2,1-2H3/p+1/t17-,20-/m1/s1. The van der Waals surface area contributed by atoms with E-state index in [0.29, 0.717) is 13.0 Å². The van der Waals surface area contributed by atoms with Gasteiger partial charge in [-0.15, -0.1) is 0 Å². The van der Waals surface area contributed by atoms with Crippen LogP contribution < -0.4 is 4.90 Å². The summed E-state index contributed by atoms with van der Waals surface area (Å²) in [5.41, 5.74) is 2.62. The zero-order valence-electron chi connectivity index (χ0n) is 16.4. The van der Waals surface area contributed by atoms with Crippen molar-refractivity contribution >= 4 is 21.3 Å². The van der Waals surface area contributed by atoms with Crippen molar-refractivity contribution in [1.82, 2.24) is 4.90 Å². The highest BCUT2D eigenvalue weighted by molar-refractivity contribution is 7.91. The van der Waals surface area contributed by atoms with Gasteiger partial charge in [0.2, 0.25) is 0 Å². The van der Waals surface area contributed by atoms with Crippen LogP contribution in [0.3, 0.4) is 0 Å². The lowest BCUT2D eigenvalue weighted by Gasteiger charge is -2.35. The van der Waals surface area contributed by atoms with Gasteiger partial charge in [-0.05, 0) is 37.0 Å². The minimum absolute atomic E-state index is 0.0791. The maximum Gasteiger partial charge on any atom is 0.278 e. The molecule has 0 bridgehead atoms. The van der Waals surface area contributed by atoms with E-state index in [0.717, 1.165) is 25.9 Å². The summed E-state index contributed by atoms with van der Waals surface area (Å²) >= 11 is 0. The molecule has 0 radical (unpaired) electrons. The molecule has 1 aromatic carbocycles. The molecule has 1 aromatic rings.